The molecule has 7 heteroatoms. The molecule has 0 aliphatic heterocycles. The number of thioether (sulfide) groups is 1. The minimum Gasteiger partial charge on any atom is -0.311 e. The highest BCUT2D eigenvalue weighted by molar-refractivity contribution is 7.98. The average Bonchev–Trinajstić information content (AvgIpc) is 3.07. The first-order valence-corrected chi connectivity index (χ1v) is 9.63. The summed E-state index contributed by atoms with van der Waals surface area (Å²) in [4.78, 5) is 31.6. The first-order chi connectivity index (χ1) is 11.7. The topological polar surface area (TPSA) is 55.2 Å². The van der Waals surface area contributed by atoms with Crippen LogP contribution in [0.4, 0.5) is 5.69 Å². The summed E-state index contributed by atoms with van der Waals surface area (Å²) in [5, 5.41) is 2.40. The monoisotopic (exact) mass is 359 g/mol. The van der Waals surface area contributed by atoms with E-state index in [-0.39, 0.29) is 18.0 Å². The maximum Gasteiger partial charge on any atom is 0.272 e. The number of amides is 1. The molecule has 2 heterocycles. The summed E-state index contributed by atoms with van der Waals surface area (Å²) in [6.07, 6.45) is 1.86. The molecule has 5 nitrogen and oxygen atoms in total. The highest BCUT2D eigenvalue weighted by Crippen LogP contribution is 2.20. The molecule has 2 aromatic heterocycles. The van der Waals surface area contributed by atoms with Crippen LogP contribution in [0.15, 0.2) is 51.7 Å². The van der Waals surface area contributed by atoms with E-state index in [1.807, 2.05) is 55.0 Å². The van der Waals surface area contributed by atoms with Gasteiger partial charge in [-0.25, -0.2) is 4.98 Å². The van der Waals surface area contributed by atoms with E-state index < -0.39 is 0 Å². The molecule has 124 valence electrons. The molecule has 0 unspecified atom stereocenters. The third-order valence-corrected chi connectivity index (χ3v) is 5.26. The van der Waals surface area contributed by atoms with Gasteiger partial charge in [0.15, 0.2) is 5.16 Å². The number of carbonyl (C=O) groups excluding carboxylic acids is 1. The molecule has 3 aromatic rings. The Morgan fingerprint density at radius 3 is 2.71 bits per heavy atom. The quantitative estimate of drug-likeness (QED) is 0.518. The van der Waals surface area contributed by atoms with Gasteiger partial charge >= 0.3 is 0 Å². The van der Waals surface area contributed by atoms with Gasteiger partial charge < -0.3 is 4.90 Å². The smallest absolute Gasteiger partial charge is 0.272 e. The van der Waals surface area contributed by atoms with Crippen LogP contribution in [0.2, 0.25) is 0 Å². The van der Waals surface area contributed by atoms with E-state index in [0.29, 0.717) is 21.9 Å². The van der Waals surface area contributed by atoms with Crippen molar-refractivity contribution in [3.05, 3.63) is 52.1 Å². The largest absolute Gasteiger partial charge is 0.311 e. The Kier molecular flexibility index (Phi) is 5.01. The number of thiophene rings is 1. The fraction of sp³-hybridized carbons (Fsp3) is 0.235. The zero-order valence-electron chi connectivity index (χ0n) is 13.4. The first-order valence-electron chi connectivity index (χ1n) is 7.53. The number of aromatic nitrogens is 2. The maximum absolute atomic E-state index is 12.8. The summed E-state index contributed by atoms with van der Waals surface area (Å²) in [7, 11) is 0. The summed E-state index contributed by atoms with van der Waals surface area (Å²) in [5.41, 5.74) is 1.36. The Morgan fingerprint density at radius 2 is 2.04 bits per heavy atom. The lowest BCUT2D eigenvalue weighted by Gasteiger charge is -2.22. The molecule has 0 N–H and O–H groups in total. The Labute approximate surface area is 147 Å². The Bertz CT molecular complexity index is 918. The Balaban J connectivity index is 1.98. The van der Waals surface area contributed by atoms with E-state index in [1.54, 1.807) is 4.90 Å². The van der Waals surface area contributed by atoms with E-state index >= 15 is 0 Å². The molecule has 0 spiro atoms. The number of fused-ring (bicyclic) bond motifs is 1. The molecule has 0 saturated carbocycles. The number of nitrogens with zero attached hydrogens (tertiary/aromatic N) is 3. The molecule has 24 heavy (non-hydrogen) atoms. The minimum atomic E-state index is -0.156. The summed E-state index contributed by atoms with van der Waals surface area (Å²) >= 11 is 2.73. The van der Waals surface area contributed by atoms with Crippen molar-refractivity contribution in [3.63, 3.8) is 0 Å². The van der Waals surface area contributed by atoms with Crippen molar-refractivity contribution >= 4 is 44.9 Å². The van der Waals surface area contributed by atoms with E-state index in [9.17, 15) is 9.59 Å². The number of benzene rings is 1. The lowest BCUT2D eigenvalue weighted by Crippen LogP contribution is -2.37. The number of hydrogen-bond donors (Lipinski definition) is 0. The molecule has 0 saturated heterocycles. The second kappa shape index (κ2) is 7.19. The van der Waals surface area contributed by atoms with E-state index in [0.717, 1.165) is 5.69 Å². The zero-order valence-corrected chi connectivity index (χ0v) is 15.1. The lowest BCUT2D eigenvalue weighted by atomic mass is 10.3. The lowest BCUT2D eigenvalue weighted by molar-refractivity contribution is -0.119. The summed E-state index contributed by atoms with van der Waals surface area (Å²) in [6, 6.07) is 11.3. The molecular formula is C17H17N3O2S2. The van der Waals surface area contributed by atoms with E-state index in [1.165, 1.54) is 27.7 Å². The van der Waals surface area contributed by atoms with Gasteiger partial charge in [0.1, 0.15) is 11.2 Å². The predicted octanol–water partition coefficient (Wildman–Crippen LogP) is 3.23. The molecule has 0 bridgehead atoms. The van der Waals surface area contributed by atoms with Crippen molar-refractivity contribution in [1.82, 2.24) is 9.55 Å². The molecule has 0 aliphatic carbocycles. The average molecular weight is 359 g/mol. The zero-order chi connectivity index (χ0) is 17.1. The molecular weight excluding hydrogens is 342 g/mol. The van der Waals surface area contributed by atoms with Crippen LogP contribution in [-0.4, -0.2) is 28.3 Å². The van der Waals surface area contributed by atoms with Crippen molar-refractivity contribution < 1.29 is 4.79 Å². The highest BCUT2D eigenvalue weighted by atomic mass is 32.2. The molecule has 0 radical (unpaired) electrons. The third-order valence-electron chi connectivity index (χ3n) is 3.69. The van der Waals surface area contributed by atoms with Crippen LogP contribution in [0.5, 0.6) is 0 Å². The maximum atomic E-state index is 12.8. The van der Waals surface area contributed by atoms with Gasteiger partial charge in [0, 0.05) is 12.2 Å². The van der Waals surface area contributed by atoms with Crippen LogP contribution < -0.4 is 10.5 Å². The number of para-hydroxylation sites is 1. The SMILES string of the molecule is CCN(C(=O)Cn1c(SC)nc2ccsc2c1=O)c1ccccc1. The Hall–Kier alpha value is -2.12. The summed E-state index contributed by atoms with van der Waals surface area (Å²) in [6.45, 7) is 2.45. The number of rotatable bonds is 5. The van der Waals surface area contributed by atoms with Gasteiger partial charge in [-0.1, -0.05) is 30.0 Å². The van der Waals surface area contributed by atoms with Gasteiger partial charge in [-0.3, -0.25) is 14.2 Å². The normalized spacial score (nSPS) is 10.9. The molecule has 3 rings (SSSR count). The van der Waals surface area contributed by atoms with Crippen LogP contribution in [0, 0.1) is 0 Å². The predicted molar refractivity (Wildman–Crippen MR) is 100 cm³/mol. The van der Waals surface area contributed by atoms with Crippen LogP contribution in [-0.2, 0) is 11.3 Å². The highest BCUT2D eigenvalue weighted by Gasteiger charge is 2.18. The third kappa shape index (κ3) is 3.09. The fourth-order valence-corrected chi connectivity index (χ4v) is 3.89. The van der Waals surface area contributed by atoms with Crippen molar-refractivity contribution in [2.75, 3.05) is 17.7 Å². The van der Waals surface area contributed by atoms with Crippen molar-refractivity contribution in [2.45, 2.75) is 18.6 Å². The molecule has 0 atom stereocenters. The van der Waals surface area contributed by atoms with Crippen molar-refractivity contribution in [3.8, 4) is 0 Å². The number of likely N-dealkylation sites (N-methyl/N-ethyl adjacent to an activating group) is 1. The second-order valence-electron chi connectivity index (χ2n) is 5.10. The number of anilines is 1. The summed E-state index contributed by atoms with van der Waals surface area (Å²) < 4.78 is 2.06. The number of hydrogen-bond acceptors (Lipinski definition) is 5. The van der Waals surface area contributed by atoms with Crippen LogP contribution in [0.1, 0.15) is 6.92 Å². The van der Waals surface area contributed by atoms with Crippen molar-refractivity contribution in [2.24, 2.45) is 0 Å². The second-order valence-corrected chi connectivity index (χ2v) is 6.79. The van der Waals surface area contributed by atoms with E-state index in [2.05, 4.69) is 4.98 Å². The van der Waals surface area contributed by atoms with Gasteiger partial charge in [0.05, 0.1) is 5.52 Å². The first kappa shape index (κ1) is 16.7. The molecule has 1 aromatic carbocycles. The number of carbonyl (C=O) groups is 1. The molecule has 1 amide bonds. The van der Waals surface area contributed by atoms with Gasteiger partial charge in [0.2, 0.25) is 5.91 Å². The molecule has 0 fully saturated rings. The van der Waals surface area contributed by atoms with Crippen LogP contribution >= 0.6 is 23.1 Å². The molecule has 0 aliphatic rings. The fourth-order valence-electron chi connectivity index (χ4n) is 2.55. The van der Waals surface area contributed by atoms with Gasteiger partial charge in [0.25, 0.3) is 5.56 Å². The van der Waals surface area contributed by atoms with Crippen LogP contribution in [0.25, 0.3) is 10.2 Å². The van der Waals surface area contributed by atoms with Gasteiger partial charge in [-0.15, -0.1) is 11.3 Å². The van der Waals surface area contributed by atoms with Gasteiger partial charge in [-0.05, 0) is 36.8 Å². The Morgan fingerprint density at radius 1 is 1.29 bits per heavy atom. The minimum absolute atomic E-state index is 0.0153. The summed E-state index contributed by atoms with van der Waals surface area (Å²) in [5.74, 6) is -0.126. The van der Waals surface area contributed by atoms with Crippen LogP contribution in [0.3, 0.4) is 0 Å². The van der Waals surface area contributed by atoms with Gasteiger partial charge in [-0.2, -0.15) is 0 Å². The standard InChI is InChI=1S/C17H17N3O2S2/c1-3-19(12-7-5-4-6-8-12)14(21)11-20-16(22)15-13(9-10-24-15)18-17(20)23-2/h4-10H,3,11H2,1-2H3. The van der Waals surface area contributed by atoms with E-state index in [4.69, 9.17) is 0 Å². The van der Waals surface area contributed by atoms with Crippen molar-refractivity contribution in [1.29, 1.82) is 0 Å².